The van der Waals surface area contributed by atoms with Crippen molar-refractivity contribution in [1.82, 2.24) is 4.90 Å². The molecule has 94 valence electrons. The highest BCUT2D eigenvalue weighted by Crippen LogP contribution is 2.21. The van der Waals surface area contributed by atoms with Crippen molar-refractivity contribution >= 4 is 0 Å². The van der Waals surface area contributed by atoms with Gasteiger partial charge in [-0.2, -0.15) is 0 Å². The molecule has 4 nitrogen and oxygen atoms in total. The van der Waals surface area contributed by atoms with E-state index in [1.807, 2.05) is 18.2 Å². The molecule has 0 radical (unpaired) electrons. The number of hydrogen-bond donors (Lipinski definition) is 2. The Kier molecular flexibility index (Phi) is 4.50. The Morgan fingerprint density at radius 1 is 1.41 bits per heavy atom. The predicted octanol–water partition coefficient (Wildman–Crippen LogP) is 0.380. The lowest BCUT2D eigenvalue weighted by molar-refractivity contribution is -0.0643. The summed E-state index contributed by atoms with van der Waals surface area (Å²) in [6, 6.07) is 10.5. The molecule has 0 spiro atoms. The van der Waals surface area contributed by atoms with Gasteiger partial charge in [0, 0.05) is 25.7 Å². The topological polar surface area (TPSA) is 58.7 Å². The predicted molar refractivity (Wildman–Crippen MR) is 66.6 cm³/mol. The van der Waals surface area contributed by atoms with Crippen LogP contribution in [0.15, 0.2) is 30.3 Å². The highest BCUT2D eigenvalue weighted by atomic mass is 16.5. The number of ether oxygens (including phenoxy) is 1. The first-order chi connectivity index (χ1) is 8.35. The second-order valence-corrected chi connectivity index (χ2v) is 4.33. The average molecular weight is 236 g/mol. The molecule has 17 heavy (non-hydrogen) atoms. The Labute approximate surface area is 102 Å². The summed E-state index contributed by atoms with van der Waals surface area (Å²) in [4.78, 5) is 2.29. The maximum absolute atomic E-state index is 9.15. The fourth-order valence-corrected chi connectivity index (χ4v) is 2.31. The van der Waals surface area contributed by atoms with Gasteiger partial charge in [0.15, 0.2) is 0 Å². The van der Waals surface area contributed by atoms with Crippen molar-refractivity contribution in [3.05, 3.63) is 35.9 Å². The third kappa shape index (κ3) is 3.04. The van der Waals surface area contributed by atoms with Gasteiger partial charge in [-0.15, -0.1) is 0 Å². The normalized spacial score (nSPS) is 23.5. The number of aliphatic hydroxyl groups is 1. The van der Waals surface area contributed by atoms with Gasteiger partial charge in [-0.05, 0) is 5.56 Å². The number of morpholine rings is 1. The van der Waals surface area contributed by atoms with Crippen LogP contribution < -0.4 is 5.73 Å². The Morgan fingerprint density at radius 3 is 2.82 bits per heavy atom. The van der Waals surface area contributed by atoms with Crippen LogP contribution >= 0.6 is 0 Å². The monoisotopic (exact) mass is 236 g/mol. The van der Waals surface area contributed by atoms with Crippen LogP contribution in [0.5, 0.6) is 0 Å². The van der Waals surface area contributed by atoms with Crippen molar-refractivity contribution in [3.8, 4) is 0 Å². The van der Waals surface area contributed by atoms with Gasteiger partial charge < -0.3 is 15.6 Å². The number of aliphatic hydroxyl groups excluding tert-OH is 1. The van der Waals surface area contributed by atoms with Gasteiger partial charge in [-0.3, -0.25) is 4.90 Å². The van der Waals surface area contributed by atoms with E-state index < -0.39 is 0 Å². The second-order valence-electron chi connectivity index (χ2n) is 4.33. The van der Waals surface area contributed by atoms with Crippen molar-refractivity contribution in [2.75, 3.05) is 32.8 Å². The van der Waals surface area contributed by atoms with Crippen LogP contribution in [0.1, 0.15) is 11.6 Å². The van der Waals surface area contributed by atoms with Gasteiger partial charge in [0.2, 0.25) is 0 Å². The van der Waals surface area contributed by atoms with Gasteiger partial charge in [-0.1, -0.05) is 30.3 Å². The first-order valence-electron chi connectivity index (χ1n) is 6.06. The van der Waals surface area contributed by atoms with E-state index in [-0.39, 0.29) is 18.8 Å². The van der Waals surface area contributed by atoms with Gasteiger partial charge >= 0.3 is 0 Å². The number of hydrogen-bond acceptors (Lipinski definition) is 4. The molecule has 1 aromatic rings. The summed E-state index contributed by atoms with van der Waals surface area (Å²) < 4.78 is 5.46. The molecule has 1 aliphatic rings. The van der Waals surface area contributed by atoms with Crippen LogP contribution in [-0.4, -0.2) is 49.0 Å². The SMILES string of the molecule is NCC(c1ccccc1)N1CCOC(CO)C1. The minimum Gasteiger partial charge on any atom is -0.394 e. The van der Waals surface area contributed by atoms with Gasteiger partial charge in [0.05, 0.1) is 19.3 Å². The van der Waals surface area contributed by atoms with Crippen molar-refractivity contribution in [1.29, 1.82) is 0 Å². The maximum atomic E-state index is 9.15. The fraction of sp³-hybridized carbons (Fsp3) is 0.538. The Bertz CT molecular complexity index is 331. The molecular formula is C13H20N2O2. The van der Waals surface area contributed by atoms with Crippen molar-refractivity contribution < 1.29 is 9.84 Å². The van der Waals surface area contributed by atoms with Crippen LogP contribution in [0.4, 0.5) is 0 Å². The summed E-state index contributed by atoms with van der Waals surface area (Å²) in [7, 11) is 0. The lowest BCUT2D eigenvalue weighted by Gasteiger charge is -2.37. The highest BCUT2D eigenvalue weighted by Gasteiger charge is 2.25. The van der Waals surface area contributed by atoms with Crippen LogP contribution in [0.3, 0.4) is 0 Å². The summed E-state index contributed by atoms with van der Waals surface area (Å²) in [5.74, 6) is 0. The zero-order chi connectivity index (χ0) is 12.1. The quantitative estimate of drug-likeness (QED) is 0.793. The van der Waals surface area contributed by atoms with E-state index in [0.717, 1.165) is 13.1 Å². The number of nitrogens with zero attached hydrogens (tertiary/aromatic N) is 1. The number of rotatable bonds is 4. The molecule has 4 heteroatoms. The van der Waals surface area contributed by atoms with Crippen molar-refractivity contribution in [3.63, 3.8) is 0 Å². The van der Waals surface area contributed by atoms with Gasteiger partial charge in [0.1, 0.15) is 0 Å². The summed E-state index contributed by atoms with van der Waals surface area (Å²) in [6.07, 6.45) is -0.0819. The molecule has 0 aromatic heterocycles. The number of benzene rings is 1. The molecule has 0 bridgehead atoms. The molecule has 0 aliphatic carbocycles. The van der Waals surface area contributed by atoms with E-state index in [0.29, 0.717) is 13.2 Å². The zero-order valence-electron chi connectivity index (χ0n) is 9.96. The van der Waals surface area contributed by atoms with E-state index in [9.17, 15) is 0 Å². The van der Waals surface area contributed by atoms with E-state index >= 15 is 0 Å². The van der Waals surface area contributed by atoms with E-state index in [2.05, 4.69) is 17.0 Å². The molecule has 1 aliphatic heterocycles. The summed E-state index contributed by atoms with van der Waals surface area (Å²) in [5.41, 5.74) is 7.11. The molecule has 0 amide bonds. The zero-order valence-corrected chi connectivity index (χ0v) is 9.96. The van der Waals surface area contributed by atoms with E-state index in [1.165, 1.54) is 5.56 Å². The molecular weight excluding hydrogens is 216 g/mol. The largest absolute Gasteiger partial charge is 0.394 e. The Morgan fingerprint density at radius 2 is 2.18 bits per heavy atom. The van der Waals surface area contributed by atoms with Gasteiger partial charge in [-0.25, -0.2) is 0 Å². The van der Waals surface area contributed by atoms with Crippen molar-refractivity contribution in [2.24, 2.45) is 5.73 Å². The highest BCUT2D eigenvalue weighted by molar-refractivity contribution is 5.19. The molecule has 3 N–H and O–H groups in total. The average Bonchev–Trinajstić information content (AvgIpc) is 2.41. The smallest absolute Gasteiger partial charge is 0.0933 e. The first-order valence-corrected chi connectivity index (χ1v) is 6.06. The Balaban J connectivity index is 2.08. The molecule has 2 rings (SSSR count). The van der Waals surface area contributed by atoms with E-state index in [1.54, 1.807) is 0 Å². The first kappa shape index (κ1) is 12.5. The maximum Gasteiger partial charge on any atom is 0.0933 e. The minimum atomic E-state index is -0.0819. The van der Waals surface area contributed by atoms with Crippen LogP contribution in [-0.2, 0) is 4.74 Å². The summed E-state index contributed by atoms with van der Waals surface area (Å²) >= 11 is 0. The molecule has 1 aromatic carbocycles. The van der Waals surface area contributed by atoms with E-state index in [4.69, 9.17) is 15.6 Å². The van der Waals surface area contributed by atoms with Crippen LogP contribution in [0.25, 0.3) is 0 Å². The van der Waals surface area contributed by atoms with Crippen molar-refractivity contribution in [2.45, 2.75) is 12.1 Å². The molecule has 0 saturated carbocycles. The number of nitrogens with two attached hydrogens (primary N) is 1. The standard InChI is InChI=1S/C13H20N2O2/c14-8-13(11-4-2-1-3-5-11)15-6-7-17-12(9-15)10-16/h1-5,12-13,16H,6-10,14H2. The molecule has 2 unspecified atom stereocenters. The van der Waals surface area contributed by atoms with Gasteiger partial charge in [0.25, 0.3) is 0 Å². The molecule has 1 heterocycles. The Hall–Kier alpha value is -0.940. The third-order valence-electron chi connectivity index (χ3n) is 3.22. The molecule has 1 fully saturated rings. The summed E-state index contributed by atoms with van der Waals surface area (Å²) in [6.45, 7) is 2.93. The fourth-order valence-electron chi connectivity index (χ4n) is 2.31. The molecule has 2 atom stereocenters. The lowest BCUT2D eigenvalue weighted by Crippen LogP contribution is -2.47. The van der Waals surface area contributed by atoms with Crippen LogP contribution in [0.2, 0.25) is 0 Å². The third-order valence-corrected chi connectivity index (χ3v) is 3.22. The van der Waals surface area contributed by atoms with Crippen LogP contribution in [0, 0.1) is 0 Å². The second kappa shape index (κ2) is 6.12. The summed E-state index contributed by atoms with van der Waals surface area (Å²) in [5, 5.41) is 9.15. The molecule has 1 saturated heterocycles. The minimum absolute atomic E-state index is 0.0720. The lowest BCUT2D eigenvalue weighted by atomic mass is 10.0.